The van der Waals surface area contributed by atoms with Crippen LogP contribution in [0.25, 0.3) is 0 Å². The first-order valence-electron chi connectivity index (χ1n) is 6.19. The number of aromatic nitrogens is 3. The first kappa shape index (κ1) is 11.4. The molecule has 0 bridgehead atoms. The smallest absolute Gasteiger partial charge is 0.171 e. The zero-order valence-electron chi connectivity index (χ0n) is 10.0. The van der Waals surface area contributed by atoms with E-state index in [9.17, 15) is 0 Å². The van der Waals surface area contributed by atoms with Gasteiger partial charge in [0.1, 0.15) is 6.10 Å². The fraction of sp³-hybridized carbons (Fsp3) is 0.385. The number of hydrogen-bond acceptors (Lipinski definition) is 4. The van der Waals surface area contributed by atoms with Gasteiger partial charge in [-0.2, -0.15) is 5.10 Å². The van der Waals surface area contributed by atoms with Gasteiger partial charge in [-0.15, -0.1) is 0 Å². The number of nitrogens with zero attached hydrogens (tertiary/aromatic N) is 2. The lowest BCUT2D eigenvalue weighted by Gasteiger charge is -2.07. The fourth-order valence-electron chi connectivity index (χ4n) is 2.17. The molecule has 0 radical (unpaired) electrons. The predicted molar refractivity (Wildman–Crippen MR) is 66.8 cm³/mol. The van der Waals surface area contributed by atoms with Crippen LogP contribution >= 0.6 is 0 Å². The standard InChI is InChI=1S/C13H16N4O/c14-11(9-5-2-1-3-6-9)13-15-12(16-17-13)10-7-4-8-18-10/h1-3,5-6,10-11H,4,7-8,14H2,(H,15,16,17)/t10-,11+/m1/s1. The van der Waals surface area contributed by atoms with Crippen molar-refractivity contribution in [2.75, 3.05) is 6.61 Å². The zero-order valence-corrected chi connectivity index (χ0v) is 10.0. The number of H-pyrrole nitrogens is 1. The van der Waals surface area contributed by atoms with E-state index in [0.29, 0.717) is 5.82 Å². The second-order valence-corrected chi connectivity index (χ2v) is 4.47. The number of hydrogen-bond donors (Lipinski definition) is 2. The van der Waals surface area contributed by atoms with Crippen molar-refractivity contribution in [1.82, 2.24) is 15.2 Å². The molecule has 0 saturated carbocycles. The maximum absolute atomic E-state index is 6.14. The van der Waals surface area contributed by atoms with Gasteiger partial charge in [0.15, 0.2) is 11.6 Å². The Balaban J connectivity index is 1.80. The average Bonchev–Trinajstić information content (AvgIpc) is 3.09. The van der Waals surface area contributed by atoms with Gasteiger partial charge in [-0.1, -0.05) is 30.3 Å². The van der Waals surface area contributed by atoms with E-state index < -0.39 is 0 Å². The minimum absolute atomic E-state index is 0.0502. The summed E-state index contributed by atoms with van der Waals surface area (Å²) in [5, 5.41) is 7.13. The summed E-state index contributed by atoms with van der Waals surface area (Å²) < 4.78 is 5.56. The van der Waals surface area contributed by atoms with Crippen LogP contribution in [0.4, 0.5) is 0 Å². The molecule has 0 amide bonds. The Morgan fingerprint density at radius 1 is 1.33 bits per heavy atom. The van der Waals surface area contributed by atoms with Crippen molar-refractivity contribution in [2.24, 2.45) is 5.73 Å². The molecule has 5 nitrogen and oxygen atoms in total. The Morgan fingerprint density at radius 3 is 2.89 bits per heavy atom. The summed E-state index contributed by atoms with van der Waals surface area (Å²) in [4.78, 5) is 4.45. The molecule has 1 aromatic carbocycles. The van der Waals surface area contributed by atoms with Crippen LogP contribution in [0.2, 0.25) is 0 Å². The lowest BCUT2D eigenvalue weighted by molar-refractivity contribution is 0.105. The molecule has 94 valence electrons. The molecule has 0 spiro atoms. The van der Waals surface area contributed by atoms with E-state index in [-0.39, 0.29) is 12.1 Å². The van der Waals surface area contributed by atoms with E-state index in [4.69, 9.17) is 10.5 Å². The molecule has 2 aromatic rings. The van der Waals surface area contributed by atoms with Gasteiger partial charge in [0, 0.05) is 6.61 Å². The minimum atomic E-state index is -0.294. The molecule has 2 heterocycles. The van der Waals surface area contributed by atoms with Crippen LogP contribution in [0.1, 0.15) is 42.2 Å². The largest absolute Gasteiger partial charge is 0.370 e. The summed E-state index contributed by atoms with van der Waals surface area (Å²) in [5.74, 6) is 1.40. The summed E-state index contributed by atoms with van der Waals surface area (Å²) in [5.41, 5.74) is 7.15. The molecule has 3 rings (SSSR count). The molecule has 1 aromatic heterocycles. The van der Waals surface area contributed by atoms with Gasteiger partial charge in [0.25, 0.3) is 0 Å². The molecular weight excluding hydrogens is 228 g/mol. The van der Waals surface area contributed by atoms with Crippen molar-refractivity contribution in [3.63, 3.8) is 0 Å². The lowest BCUT2D eigenvalue weighted by Crippen LogP contribution is -2.13. The third-order valence-electron chi connectivity index (χ3n) is 3.19. The molecule has 0 aliphatic carbocycles. The SMILES string of the molecule is N[C@@H](c1ccccc1)c1n[nH]c([C@H]2CCCO2)n1. The maximum Gasteiger partial charge on any atom is 0.171 e. The van der Waals surface area contributed by atoms with E-state index in [0.717, 1.165) is 30.8 Å². The zero-order chi connectivity index (χ0) is 12.4. The molecule has 1 aliphatic rings. The van der Waals surface area contributed by atoms with Crippen molar-refractivity contribution in [1.29, 1.82) is 0 Å². The van der Waals surface area contributed by atoms with Crippen molar-refractivity contribution in [3.8, 4) is 0 Å². The van der Waals surface area contributed by atoms with Gasteiger partial charge in [0.2, 0.25) is 0 Å². The first-order valence-corrected chi connectivity index (χ1v) is 6.19. The van der Waals surface area contributed by atoms with Crippen LogP contribution in [-0.4, -0.2) is 21.8 Å². The van der Waals surface area contributed by atoms with E-state index in [2.05, 4.69) is 15.2 Å². The van der Waals surface area contributed by atoms with Crippen molar-refractivity contribution >= 4 is 0 Å². The first-order chi connectivity index (χ1) is 8.84. The minimum Gasteiger partial charge on any atom is -0.370 e. The maximum atomic E-state index is 6.14. The van der Waals surface area contributed by atoms with Crippen LogP contribution < -0.4 is 5.73 Å². The van der Waals surface area contributed by atoms with Gasteiger partial charge in [-0.05, 0) is 18.4 Å². The van der Waals surface area contributed by atoms with Crippen LogP contribution in [0.5, 0.6) is 0 Å². The van der Waals surface area contributed by atoms with Gasteiger partial charge in [-0.25, -0.2) is 4.98 Å². The van der Waals surface area contributed by atoms with Gasteiger partial charge >= 0.3 is 0 Å². The van der Waals surface area contributed by atoms with E-state index in [1.165, 1.54) is 0 Å². The van der Waals surface area contributed by atoms with Crippen LogP contribution in [0, 0.1) is 0 Å². The topological polar surface area (TPSA) is 76.8 Å². The highest BCUT2D eigenvalue weighted by Crippen LogP contribution is 2.26. The quantitative estimate of drug-likeness (QED) is 0.861. The Morgan fingerprint density at radius 2 is 2.17 bits per heavy atom. The third-order valence-corrected chi connectivity index (χ3v) is 3.19. The van der Waals surface area contributed by atoms with Crippen molar-refractivity contribution in [3.05, 3.63) is 47.5 Å². The number of nitrogens with two attached hydrogens (primary N) is 1. The Hall–Kier alpha value is -1.72. The highest BCUT2D eigenvalue weighted by atomic mass is 16.5. The molecule has 1 aliphatic heterocycles. The average molecular weight is 244 g/mol. The van der Waals surface area contributed by atoms with E-state index >= 15 is 0 Å². The summed E-state index contributed by atoms with van der Waals surface area (Å²) >= 11 is 0. The lowest BCUT2D eigenvalue weighted by atomic mass is 10.1. The normalized spacial score (nSPS) is 21.1. The Kier molecular flexibility index (Phi) is 3.08. The van der Waals surface area contributed by atoms with E-state index in [1.807, 2.05) is 30.3 Å². The summed E-state index contributed by atoms with van der Waals surface area (Å²) in [6.07, 6.45) is 2.12. The molecule has 1 saturated heterocycles. The van der Waals surface area contributed by atoms with Crippen LogP contribution in [0.15, 0.2) is 30.3 Å². The van der Waals surface area contributed by atoms with Gasteiger partial charge < -0.3 is 10.5 Å². The number of nitrogens with one attached hydrogen (secondary N) is 1. The molecule has 5 heteroatoms. The highest BCUT2D eigenvalue weighted by Gasteiger charge is 2.23. The number of ether oxygens (including phenoxy) is 1. The summed E-state index contributed by atoms with van der Waals surface area (Å²) in [6, 6.07) is 9.55. The molecule has 1 fully saturated rings. The molecule has 0 unspecified atom stereocenters. The van der Waals surface area contributed by atoms with Gasteiger partial charge in [-0.3, -0.25) is 5.10 Å². The molecular formula is C13H16N4O. The van der Waals surface area contributed by atoms with Gasteiger partial charge in [0.05, 0.1) is 6.04 Å². The molecule has 18 heavy (non-hydrogen) atoms. The Labute approximate surface area is 105 Å². The number of benzene rings is 1. The fourth-order valence-corrected chi connectivity index (χ4v) is 2.17. The van der Waals surface area contributed by atoms with Crippen LogP contribution in [0.3, 0.4) is 0 Å². The molecule has 2 atom stereocenters. The predicted octanol–water partition coefficient (Wildman–Crippen LogP) is 1.70. The van der Waals surface area contributed by atoms with Crippen molar-refractivity contribution in [2.45, 2.75) is 25.0 Å². The number of rotatable bonds is 3. The van der Waals surface area contributed by atoms with Crippen molar-refractivity contribution < 1.29 is 4.74 Å². The third kappa shape index (κ3) is 2.14. The number of aromatic amines is 1. The second-order valence-electron chi connectivity index (χ2n) is 4.47. The molecule has 3 N–H and O–H groups in total. The van der Waals surface area contributed by atoms with E-state index in [1.54, 1.807) is 0 Å². The van der Waals surface area contributed by atoms with Crippen LogP contribution in [-0.2, 0) is 4.74 Å². The Bertz CT molecular complexity index is 505. The summed E-state index contributed by atoms with van der Waals surface area (Å²) in [6.45, 7) is 0.797. The monoisotopic (exact) mass is 244 g/mol. The highest BCUT2D eigenvalue weighted by molar-refractivity contribution is 5.23. The summed E-state index contributed by atoms with van der Waals surface area (Å²) in [7, 11) is 0. The second kappa shape index (κ2) is 4.88.